The number of rotatable bonds is 3. The molecule has 0 radical (unpaired) electrons. The number of aliphatic hydroxyl groups is 2. The highest BCUT2D eigenvalue weighted by atomic mass is 32.2. The first-order chi connectivity index (χ1) is 10.6. The van der Waals surface area contributed by atoms with E-state index in [9.17, 15) is 37.8 Å². The number of hydrogen-bond acceptors (Lipinski definition) is 7. The van der Waals surface area contributed by atoms with Crippen molar-refractivity contribution in [2.75, 3.05) is 6.61 Å². The molecular weight excluding hydrogens is 345 g/mol. The molecule has 0 aromatic carbocycles. The van der Waals surface area contributed by atoms with Gasteiger partial charge in [-0.2, -0.15) is 13.2 Å². The SMILES string of the molecule is O=C(OC[C@H]1S[C@@H](n2ccc(=O)[nH]c2=O)C(O)C1O)C(F)(F)F. The van der Waals surface area contributed by atoms with Crippen LogP contribution in [-0.2, 0) is 9.53 Å². The van der Waals surface area contributed by atoms with Gasteiger partial charge in [-0.3, -0.25) is 14.3 Å². The zero-order chi connectivity index (χ0) is 17.4. The Morgan fingerprint density at radius 2 is 2.00 bits per heavy atom. The molecule has 12 heteroatoms. The number of nitrogens with zero attached hydrogens (tertiary/aromatic N) is 1. The Bertz CT molecular complexity index is 702. The van der Waals surface area contributed by atoms with Crippen molar-refractivity contribution in [3.05, 3.63) is 33.1 Å². The number of aliphatic hydroxyl groups excluding tert-OH is 2. The molecule has 1 aliphatic heterocycles. The maximum atomic E-state index is 12.1. The molecule has 2 heterocycles. The summed E-state index contributed by atoms with van der Waals surface area (Å²) in [5, 5.41) is 17.6. The molecule has 1 aromatic heterocycles. The number of aromatic nitrogens is 2. The number of halogens is 3. The number of thioether (sulfide) groups is 1. The van der Waals surface area contributed by atoms with E-state index >= 15 is 0 Å². The summed E-state index contributed by atoms with van der Waals surface area (Å²) in [6.07, 6.45) is -7.11. The summed E-state index contributed by atoms with van der Waals surface area (Å²) in [6.45, 7) is -0.796. The van der Waals surface area contributed by atoms with E-state index in [1.54, 1.807) is 0 Å². The number of alkyl halides is 3. The molecule has 0 bridgehead atoms. The van der Waals surface area contributed by atoms with E-state index in [4.69, 9.17) is 0 Å². The Labute approximate surface area is 129 Å². The number of aromatic amines is 1. The number of H-pyrrole nitrogens is 1. The molecule has 8 nitrogen and oxygen atoms in total. The van der Waals surface area contributed by atoms with Gasteiger partial charge in [-0.05, 0) is 0 Å². The van der Waals surface area contributed by atoms with Crippen LogP contribution in [0.2, 0.25) is 0 Å². The zero-order valence-electron chi connectivity index (χ0n) is 11.2. The quantitative estimate of drug-likeness (QED) is 0.593. The number of carbonyl (C=O) groups excluding carboxylic acids is 1. The van der Waals surface area contributed by atoms with Crippen molar-refractivity contribution in [3.8, 4) is 0 Å². The highest BCUT2D eigenvalue weighted by Crippen LogP contribution is 2.41. The molecule has 1 aliphatic rings. The van der Waals surface area contributed by atoms with Crippen molar-refractivity contribution in [1.82, 2.24) is 9.55 Å². The maximum Gasteiger partial charge on any atom is 0.490 e. The van der Waals surface area contributed by atoms with Crippen LogP contribution in [0.5, 0.6) is 0 Å². The summed E-state index contributed by atoms with van der Waals surface area (Å²) < 4.78 is 41.1. The Kier molecular flexibility index (Phi) is 4.87. The van der Waals surface area contributed by atoms with Crippen molar-refractivity contribution in [1.29, 1.82) is 0 Å². The van der Waals surface area contributed by atoms with E-state index < -0.39 is 52.8 Å². The Hall–Kier alpha value is -1.79. The minimum atomic E-state index is -5.16. The van der Waals surface area contributed by atoms with Crippen LogP contribution in [0, 0.1) is 0 Å². The fraction of sp³-hybridized carbons (Fsp3) is 0.545. The molecule has 0 amide bonds. The number of hydrogen-bond donors (Lipinski definition) is 3. The van der Waals surface area contributed by atoms with E-state index in [2.05, 4.69) is 4.74 Å². The molecule has 1 aromatic rings. The van der Waals surface area contributed by atoms with Crippen molar-refractivity contribution in [2.45, 2.75) is 29.0 Å². The lowest BCUT2D eigenvalue weighted by atomic mass is 10.1. The summed E-state index contributed by atoms with van der Waals surface area (Å²) in [6, 6.07) is 1.01. The standard InChI is InChI=1S/C11H11F3N2O6S/c12-11(13,14)9(20)22-3-4-6(18)7(19)8(23-4)16-2-1-5(17)15-10(16)21/h1-2,4,6-8,18-19H,3H2,(H,15,17,21)/t4-,6?,7?,8-/m1/s1. The molecule has 1 fully saturated rings. The predicted octanol–water partition coefficient (Wildman–Crippen LogP) is -1.02. The molecule has 0 aliphatic carbocycles. The van der Waals surface area contributed by atoms with Gasteiger partial charge in [0.15, 0.2) is 0 Å². The second-order valence-electron chi connectivity index (χ2n) is 4.66. The van der Waals surface area contributed by atoms with Gasteiger partial charge >= 0.3 is 17.8 Å². The van der Waals surface area contributed by atoms with Crippen molar-refractivity contribution in [2.24, 2.45) is 0 Å². The van der Waals surface area contributed by atoms with E-state index in [1.165, 1.54) is 0 Å². The van der Waals surface area contributed by atoms with Crippen LogP contribution in [0.25, 0.3) is 0 Å². The average Bonchev–Trinajstić information content (AvgIpc) is 2.72. The lowest BCUT2D eigenvalue weighted by Crippen LogP contribution is -2.38. The molecule has 0 saturated carbocycles. The van der Waals surface area contributed by atoms with Gasteiger partial charge in [-0.15, -0.1) is 11.8 Å². The highest BCUT2D eigenvalue weighted by molar-refractivity contribution is 8.00. The monoisotopic (exact) mass is 356 g/mol. The largest absolute Gasteiger partial charge is 0.490 e. The van der Waals surface area contributed by atoms with Crippen molar-refractivity contribution >= 4 is 17.7 Å². The van der Waals surface area contributed by atoms with Crippen LogP contribution in [0.4, 0.5) is 13.2 Å². The van der Waals surface area contributed by atoms with E-state index in [1.807, 2.05) is 4.98 Å². The maximum absolute atomic E-state index is 12.1. The summed E-state index contributed by atoms with van der Waals surface area (Å²) in [5.41, 5.74) is -1.52. The summed E-state index contributed by atoms with van der Waals surface area (Å²) >= 11 is 0.749. The van der Waals surface area contributed by atoms with Gasteiger partial charge in [0, 0.05) is 12.3 Å². The van der Waals surface area contributed by atoms with E-state index in [0.717, 1.165) is 28.6 Å². The molecule has 4 atom stereocenters. The highest BCUT2D eigenvalue weighted by Gasteiger charge is 2.46. The second kappa shape index (κ2) is 6.37. The van der Waals surface area contributed by atoms with Gasteiger partial charge in [-0.25, -0.2) is 9.59 Å². The van der Waals surface area contributed by atoms with Crippen LogP contribution in [0.1, 0.15) is 5.37 Å². The lowest BCUT2D eigenvalue weighted by Gasteiger charge is -2.17. The van der Waals surface area contributed by atoms with Crippen LogP contribution in [-0.4, -0.2) is 56.0 Å². The first-order valence-electron chi connectivity index (χ1n) is 6.18. The van der Waals surface area contributed by atoms with Crippen LogP contribution < -0.4 is 11.2 Å². The van der Waals surface area contributed by atoms with Gasteiger partial charge in [0.25, 0.3) is 5.56 Å². The van der Waals surface area contributed by atoms with Crippen molar-refractivity contribution in [3.63, 3.8) is 0 Å². The first kappa shape index (κ1) is 17.6. The Morgan fingerprint density at radius 3 is 2.57 bits per heavy atom. The molecule has 23 heavy (non-hydrogen) atoms. The molecule has 0 spiro atoms. The molecule has 2 unspecified atom stereocenters. The van der Waals surface area contributed by atoms with Crippen LogP contribution >= 0.6 is 11.8 Å². The number of nitrogens with one attached hydrogen (secondary N) is 1. The summed E-state index contributed by atoms with van der Waals surface area (Å²) in [5.74, 6) is -2.41. The molecule has 2 rings (SSSR count). The molecule has 128 valence electrons. The fourth-order valence-electron chi connectivity index (χ4n) is 1.96. The van der Waals surface area contributed by atoms with Crippen LogP contribution in [0.3, 0.4) is 0 Å². The van der Waals surface area contributed by atoms with Crippen LogP contribution in [0.15, 0.2) is 21.9 Å². The smallest absolute Gasteiger partial charge is 0.458 e. The third-order valence-electron chi connectivity index (χ3n) is 3.07. The zero-order valence-corrected chi connectivity index (χ0v) is 12.0. The lowest BCUT2D eigenvalue weighted by molar-refractivity contribution is -0.200. The van der Waals surface area contributed by atoms with Gasteiger partial charge in [0.2, 0.25) is 0 Å². The van der Waals surface area contributed by atoms with Crippen molar-refractivity contribution < 1.29 is 32.9 Å². The number of ether oxygens (including phenoxy) is 1. The summed E-state index contributed by atoms with van der Waals surface area (Å²) in [7, 11) is 0. The third-order valence-corrected chi connectivity index (χ3v) is 4.62. The normalized spacial score (nSPS) is 27.9. The first-order valence-corrected chi connectivity index (χ1v) is 7.12. The second-order valence-corrected chi connectivity index (χ2v) is 6.02. The summed E-state index contributed by atoms with van der Waals surface area (Å²) in [4.78, 5) is 35.2. The molecular formula is C11H11F3N2O6S. The Morgan fingerprint density at radius 1 is 1.35 bits per heavy atom. The minimum absolute atomic E-state index is 0.667. The van der Waals surface area contributed by atoms with Gasteiger partial charge in [0.1, 0.15) is 18.1 Å². The average molecular weight is 356 g/mol. The number of carbonyl (C=O) groups is 1. The van der Waals surface area contributed by atoms with E-state index in [-0.39, 0.29) is 0 Å². The number of esters is 1. The Balaban J connectivity index is 2.11. The van der Waals surface area contributed by atoms with E-state index in [0.29, 0.717) is 0 Å². The molecule has 3 N–H and O–H groups in total. The molecule has 1 saturated heterocycles. The topological polar surface area (TPSA) is 122 Å². The fourth-order valence-corrected chi connectivity index (χ4v) is 3.41. The van der Waals surface area contributed by atoms with Gasteiger partial charge in [-0.1, -0.05) is 0 Å². The predicted molar refractivity (Wildman–Crippen MR) is 70.8 cm³/mol. The third kappa shape index (κ3) is 3.76. The minimum Gasteiger partial charge on any atom is -0.458 e. The van der Waals surface area contributed by atoms with Gasteiger partial charge < -0.3 is 14.9 Å². The van der Waals surface area contributed by atoms with Gasteiger partial charge in [0.05, 0.1) is 11.4 Å².